The van der Waals surface area contributed by atoms with Crippen molar-refractivity contribution in [2.24, 2.45) is 0 Å². The van der Waals surface area contributed by atoms with E-state index < -0.39 is 5.97 Å². The van der Waals surface area contributed by atoms with Crippen LogP contribution in [0.1, 0.15) is 43.1 Å². The van der Waals surface area contributed by atoms with Crippen LogP contribution in [-0.4, -0.2) is 40.2 Å². The number of carbonyl (C=O) groups is 1. The first kappa shape index (κ1) is 13.8. The molecular formula is C12H21N5O2. The van der Waals surface area contributed by atoms with Gasteiger partial charge in [-0.1, -0.05) is 11.6 Å². The summed E-state index contributed by atoms with van der Waals surface area (Å²) in [6, 6.07) is 0.503. The molecule has 0 spiro atoms. The zero-order valence-corrected chi connectivity index (χ0v) is 11.3. The highest BCUT2D eigenvalue weighted by atomic mass is 16.5. The van der Waals surface area contributed by atoms with E-state index in [1.807, 2.05) is 0 Å². The van der Waals surface area contributed by atoms with E-state index in [0.717, 1.165) is 13.0 Å². The highest BCUT2D eigenvalue weighted by Gasteiger charge is 2.19. The number of hydrogen-bond acceptors (Lipinski definition) is 6. The van der Waals surface area contributed by atoms with Crippen LogP contribution in [0, 0.1) is 0 Å². The molecule has 0 radical (unpaired) electrons. The average molecular weight is 267 g/mol. The second kappa shape index (κ2) is 6.51. The third-order valence-corrected chi connectivity index (χ3v) is 3.34. The minimum absolute atomic E-state index is 0.110. The summed E-state index contributed by atoms with van der Waals surface area (Å²) >= 11 is 0. The summed E-state index contributed by atoms with van der Waals surface area (Å²) in [5, 5.41) is 11.2. The Kier molecular flexibility index (Phi) is 4.73. The lowest BCUT2D eigenvalue weighted by atomic mass is 10.0. The van der Waals surface area contributed by atoms with Gasteiger partial charge in [-0.05, 0) is 32.7 Å². The number of anilines is 1. The van der Waals surface area contributed by atoms with Crippen molar-refractivity contribution in [2.45, 2.75) is 45.2 Å². The van der Waals surface area contributed by atoms with E-state index in [0.29, 0.717) is 19.2 Å². The maximum absolute atomic E-state index is 11.6. The van der Waals surface area contributed by atoms with Crippen LogP contribution in [0.5, 0.6) is 0 Å². The molecule has 3 N–H and O–H groups in total. The van der Waals surface area contributed by atoms with Gasteiger partial charge in [0.1, 0.15) is 0 Å². The molecule has 1 aromatic heterocycles. The fraction of sp³-hybridized carbons (Fsp3) is 0.750. The monoisotopic (exact) mass is 267 g/mol. The Labute approximate surface area is 112 Å². The van der Waals surface area contributed by atoms with Crippen LogP contribution in [0.15, 0.2) is 0 Å². The molecule has 1 unspecified atom stereocenters. The van der Waals surface area contributed by atoms with Crippen molar-refractivity contribution >= 4 is 11.8 Å². The molecule has 0 bridgehead atoms. The highest BCUT2D eigenvalue weighted by molar-refractivity contribution is 5.91. The third-order valence-electron chi connectivity index (χ3n) is 3.34. The molecule has 1 saturated heterocycles. The molecule has 1 aromatic rings. The summed E-state index contributed by atoms with van der Waals surface area (Å²) in [6.45, 7) is 3.78. The molecule has 2 heterocycles. The van der Waals surface area contributed by atoms with E-state index in [2.05, 4.69) is 15.6 Å². The molecule has 19 heavy (non-hydrogen) atoms. The van der Waals surface area contributed by atoms with Crippen molar-refractivity contribution in [1.29, 1.82) is 0 Å². The molecule has 7 nitrogen and oxygen atoms in total. The molecule has 7 heteroatoms. The minimum atomic E-state index is -0.512. The average Bonchev–Trinajstić information content (AvgIpc) is 2.79. The van der Waals surface area contributed by atoms with E-state index in [1.165, 1.54) is 19.3 Å². The highest BCUT2D eigenvalue weighted by Crippen LogP contribution is 2.14. The van der Waals surface area contributed by atoms with Crippen molar-refractivity contribution in [2.75, 3.05) is 18.9 Å². The van der Waals surface area contributed by atoms with Crippen LogP contribution in [0.3, 0.4) is 0 Å². The van der Waals surface area contributed by atoms with Crippen LogP contribution in [0.25, 0.3) is 0 Å². The molecule has 1 aliphatic heterocycles. The second-order valence-corrected chi connectivity index (χ2v) is 4.70. The SMILES string of the molecule is CCOC(=O)c1nnn(CCC2CCCCN2)c1N. The second-order valence-electron chi connectivity index (χ2n) is 4.70. The first-order valence-corrected chi connectivity index (χ1v) is 6.81. The maximum atomic E-state index is 11.6. The lowest BCUT2D eigenvalue weighted by Gasteiger charge is -2.23. The van der Waals surface area contributed by atoms with Gasteiger partial charge in [0.05, 0.1) is 6.61 Å². The number of aromatic nitrogens is 3. The molecule has 1 aliphatic rings. The van der Waals surface area contributed by atoms with Crippen LogP contribution >= 0.6 is 0 Å². The predicted octanol–water partition coefficient (Wildman–Crippen LogP) is 0.569. The molecule has 2 rings (SSSR count). The van der Waals surface area contributed by atoms with Crippen LogP contribution < -0.4 is 11.1 Å². The van der Waals surface area contributed by atoms with Gasteiger partial charge in [0, 0.05) is 12.6 Å². The van der Waals surface area contributed by atoms with Gasteiger partial charge in [-0.2, -0.15) is 0 Å². The number of nitrogens with zero attached hydrogens (tertiary/aromatic N) is 3. The maximum Gasteiger partial charge on any atom is 0.362 e. The normalized spacial score (nSPS) is 19.3. The number of nitrogen functional groups attached to an aromatic ring is 1. The number of aryl methyl sites for hydroxylation is 1. The zero-order chi connectivity index (χ0) is 13.7. The number of esters is 1. The number of piperidine rings is 1. The lowest BCUT2D eigenvalue weighted by molar-refractivity contribution is 0.0520. The van der Waals surface area contributed by atoms with Crippen molar-refractivity contribution in [3.8, 4) is 0 Å². The summed E-state index contributed by atoms with van der Waals surface area (Å²) < 4.78 is 6.44. The Balaban J connectivity index is 1.91. The van der Waals surface area contributed by atoms with Gasteiger partial charge in [-0.3, -0.25) is 0 Å². The standard InChI is InChI=1S/C12H21N5O2/c1-2-19-12(18)10-11(13)17(16-15-10)8-6-9-5-3-4-7-14-9/h9,14H,2-8,13H2,1H3. The Hall–Kier alpha value is -1.63. The number of nitrogens with one attached hydrogen (secondary N) is 1. The van der Waals surface area contributed by atoms with Crippen molar-refractivity contribution in [3.63, 3.8) is 0 Å². The van der Waals surface area contributed by atoms with Crippen molar-refractivity contribution in [1.82, 2.24) is 20.3 Å². The van der Waals surface area contributed by atoms with E-state index >= 15 is 0 Å². The third kappa shape index (κ3) is 3.44. The van der Waals surface area contributed by atoms with E-state index in [9.17, 15) is 4.79 Å². The fourth-order valence-corrected chi connectivity index (χ4v) is 2.28. The number of ether oxygens (including phenoxy) is 1. The Morgan fingerprint density at radius 3 is 3.11 bits per heavy atom. The smallest absolute Gasteiger partial charge is 0.362 e. The Bertz CT molecular complexity index is 426. The van der Waals surface area contributed by atoms with Crippen molar-refractivity contribution in [3.05, 3.63) is 5.69 Å². The number of hydrogen-bond donors (Lipinski definition) is 2. The summed E-state index contributed by atoms with van der Waals surface area (Å²) in [4.78, 5) is 11.6. The largest absolute Gasteiger partial charge is 0.461 e. The Morgan fingerprint density at radius 1 is 1.58 bits per heavy atom. The zero-order valence-electron chi connectivity index (χ0n) is 11.3. The topological polar surface area (TPSA) is 95.1 Å². The Morgan fingerprint density at radius 2 is 2.42 bits per heavy atom. The van der Waals surface area contributed by atoms with E-state index in [-0.39, 0.29) is 11.5 Å². The summed E-state index contributed by atoms with van der Waals surface area (Å²) in [7, 11) is 0. The molecule has 0 saturated carbocycles. The first-order valence-electron chi connectivity index (χ1n) is 6.81. The van der Waals surface area contributed by atoms with Gasteiger partial charge in [-0.15, -0.1) is 5.10 Å². The van der Waals surface area contributed by atoms with Gasteiger partial charge >= 0.3 is 5.97 Å². The van der Waals surface area contributed by atoms with Gasteiger partial charge in [0.25, 0.3) is 0 Å². The molecule has 1 fully saturated rings. The molecule has 1 atom stereocenters. The van der Waals surface area contributed by atoms with Crippen LogP contribution in [0.4, 0.5) is 5.82 Å². The van der Waals surface area contributed by atoms with Gasteiger partial charge < -0.3 is 15.8 Å². The lowest BCUT2D eigenvalue weighted by Crippen LogP contribution is -2.34. The summed E-state index contributed by atoms with van der Waals surface area (Å²) in [5.74, 6) is -0.226. The summed E-state index contributed by atoms with van der Waals surface area (Å²) in [5.41, 5.74) is 5.98. The van der Waals surface area contributed by atoms with Crippen molar-refractivity contribution < 1.29 is 9.53 Å². The van der Waals surface area contributed by atoms with Gasteiger partial charge in [-0.25, -0.2) is 9.48 Å². The molecular weight excluding hydrogens is 246 g/mol. The fourth-order valence-electron chi connectivity index (χ4n) is 2.28. The molecule has 0 amide bonds. The molecule has 0 aromatic carbocycles. The molecule has 0 aliphatic carbocycles. The van der Waals surface area contributed by atoms with Gasteiger partial charge in [0.15, 0.2) is 5.82 Å². The molecule has 106 valence electrons. The number of nitrogens with two attached hydrogens (primary N) is 1. The van der Waals surface area contributed by atoms with Gasteiger partial charge in [0.2, 0.25) is 5.69 Å². The van der Waals surface area contributed by atoms with Crippen LogP contribution in [-0.2, 0) is 11.3 Å². The number of carbonyl (C=O) groups excluding carboxylic acids is 1. The number of rotatable bonds is 5. The first-order chi connectivity index (χ1) is 9.22. The quantitative estimate of drug-likeness (QED) is 0.757. The predicted molar refractivity (Wildman–Crippen MR) is 70.6 cm³/mol. The minimum Gasteiger partial charge on any atom is -0.461 e. The summed E-state index contributed by atoms with van der Waals surface area (Å²) in [6.07, 6.45) is 4.63. The van der Waals surface area contributed by atoms with Crippen LogP contribution in [0.2, 0.25) is 0 Å². The van der Waals surface area contributed by atoms with E-state index in [4.69, 9.17) is 10.5 Å². The van der Waals surface area contributed by atoms with E-state index in [1.54, 1.807) is 11.6 Å².